The molecule has 1 atom stereocenters. The molecule has 0 aliphatic heterocycles. The topological polar surface area (TPSA) is 115 Å². The van der Waals surface area contributed by atoms with E-state index in [1.807, 2.05) is 6.92 Å². The van der Waals surface area contributed by atoms with Crippen LogP contribution in [0.1, 0.15) is 37.4 Å². The van der Waals surface area contributed by atoms with Gasteiger partial charge in [-0.25, -0.2) is 18.3 Å². The van der Waals surface area contributed by atoms with E-state index in [4.69, 9.17) is 4.74 Å². The van der Waals surface area contributed by atoms with Gasteiger partial charge in [-0.3, -0.25) is 9.78 Å². The van der Waals surface area contributed by atoms with Crippen molar-refractivity contribution in [3.8, 4) is 5.75 Å². The number of aliphatic hydroxyl groups is 1. The van der Waals surface area contributed by atoms with Gasteiger partial charge < -0.3 is 14.4 Å². The van der Waals surface area contributed by atoms with Gasteiger partial charge in [-0.15, -0.1) is 5.10 Å². The Bertz CT molecular complexity index is 1160. The number of rotatable bonds is 12. The zero-order valence-electron chi connectivity index (χ0n) is 18.3. The number of benzene rings is 1. The third-order valence-corrected chi connectivity index (χ3v) is 5.42. The molecule has 9 nitrogen and oxygen atoms in total. The number of H-pyrrole nitrogens is 1. The summed E-state index contributed by atoms with van der Waals surface area (Å²) in [4.78, 5) is 25.1. The number of ether oxygens (including phenoxy) is 1. The van der Waals surface area contributed by atoms with Crippen molar-refractivity contribution in [2.45, 2.75) is 57.7 Å². The number of hydrogen-bond donors (Lipinski definition) is 2. The molecule has 2 heterocycles. The van der Waals surface area contributed by atoms with Crippen LogP contribution < -0.4 is 16.0 Å². The molecular formula is C22H27F2N5O4. The fourth-order valence-electron chi connectivity index (χ4n) is 3.50. The van der Waals surface area contributed by atoms with E-state index in [0.29, 0.717) is 31.4 Å². The predicted octanol–water partition coefficient (Wildman–Crippen LogP) is 2.09. The lowest BCUT2D eigenvalue weighted by Gasteiger charge is -2.28. The molecule has 0 aliphatic carbocycles. The Morgan fingerprint density at radius 3 is 2.79 bits per heavy atom. The second kappa shape index (κ2) is 11.0. The first-order valence-electron chi connectivity index (χ1n) is 10.7. The number of alkyl halides is 2. The maximum Gasteiger partial charge on any atom is 0.328 e. The standard InChI is InChI=1S/C22H27F2N5O4/c1-2-22(32,16-6-5-8-18(12-16)33-14-19(23)24)15-29-17(13-25-27-29)7-3-4-10-28-11-9-20(30)26-21(28)31/h5-6,8-9,11-13,19,32H,2-4,7,10,14-15H2,1H3,(H,26,30,31)/t22-/m1/s1. The zero-order valence-corrected chi connectivity index (χ0v) is 18.3. The molecule has 0 unspecified atom stereocenters. The van der Waals surface area contributed by atoms with Crippen molar-refractivity contribution in [2.75, 3.05) is 6.61 Å². The first kappa shape index (κ1) is 24.3. The average Bonchev–Trinajstić information content (AvgIpc) is 3.23. The molecule has 0 aliphatic rings. The minimum atomic E-state index is -2.58. The van der Waals surface area contributed by atoms with E-state index in [9.17, 15) is 23.5 Å². The summed E-state index contributed by atoms with van der Waals surface area (Å²) >= 11 is 0. The third kappa shape index (κ3) is 6.58. The number of aromatic nitrogens is 5. The Balaban J connectivity index is 1.63. The fraction of sp³-hybridized carbons (Fsp3) is 0.455. The lowest BCUT2D eigenvalue weighted by Crippen LogP contribution is -2.32. The van der Waals surface area contributed by atoms with Crippen LogP contribution in [0.3, 0.4) is 0 Å². The van der Waals surface area contributed by atoms with Crippen LogP contribution in [0.15, 0.2) is 52.3 Å². The lowest BCUT2D eigenvalue weighted by atomic mass is 9.90. The number of halogens is 2. The Morgan fingerprint density at radius 2 is 2.06 bits per heavy atom. The molecule has 11 heteroatoms. The number of nitrogens with zero attached hydrogens (tertiary/aromatic N) is 4. The van der Waals surface area contributed by atoms with Crippen molar-refractivity contribution in [1.82, 2.24) is 24.5 Å². The normalized spacial score (nSPS) is 13.2. The number of hydrogen-bond acceptors (Lipinski definition) is 6. The van der Waals surface area contributed by atoms with Crippen LogP contribution >= 0.6 is 0 Å². The molecule has 0 saturated carbocycles. The number of unbranched alkanes of at least 4 members (excludes halogenated alkanes) is 1. The molecule has 178 valence electrons. The van der Waals surface area contributed by atoms with Gasteiger partial charge >= 0.3 is 5.69 Å². The molecule has 0 amide bonds. The molecule has 0 fully saturated rings. The van der Waals surface area contributed by atoms with Gasteiger partial charge in [-0.05, 0) is 43.4 Å². The van der Waals surface area contributed by atoms with Crippen molar-refractivity contribution in [2.24, 2.45) is 0 Å². The van der Waals surface area contributed by atoms with E-state index in [1.54, 1.807) is 35.1 Å². The Labute approximate surface area is 188 Å². The van der Waals surface area contributed by atoms with Gasteiger partial charge in [0.2, 0.25) is 0 Å². The third-order valence-electron chi connectivity index (χ3n) is 5.42. The summed E-state index contributed by atoms with van der Waals surface area (Å²) in [7, 11) is 0. The summed E-state index contributed by atoms with van der Waals surface area (Å²) in [6.07, 6.45) is 2.93. The SMILES string of the molecule is CC[C@@](O)(Cn1nncc1CCCCn1ccc(=O)[nH]c1=O)c1cccc(OCC(F)F)c1. The van der Waals surface area contributed by atoms with Gasteiger partial charge in [0.1, 0.15) is 18.0 Å². The van der Waals surface area contributed by atoms with Crippen molar-refractivity contribution in [3.63, 3.8) is 0 Å². The molecule has 3 rings (SSSR count). The smallest absolute Gasteiger partial charge is 0.328 e. The molecule has 2 aromatic heterocycles. The molecule has 33 heavy (non-hydrogen) atoms. The van der Waals surface area contributed by atoms with Crippen LogP contribution in [0.2, 0.25) is 0 Å². The Morgan fingerprint density at radius 1 is 1.24 bits per heavy atom. The lowest BCUT2D eigenvalue weighted by molar-refractivity contribution is 0.00935. The minimum absolute atomic E-state index is 0.135. The van der Waals surface area contributed by atoms with Gasteiger partial charge in [-0.2, -0.15) is 0 Å². The maximum atomic E-state index is 12.5. The van der Waals surface area contributed by atoms with E-state index in [-0.39, 0.29) is 12.3 Å². The first-order chi connectivity index (χ1) is 15.8. The number of aromatic amines is 1. The van der Waals surface area contributed by atoms with Crippen molar-refractivity contribution in [3.05, 3.63) is 74.8 Å². The summed E-state index contributed by atoms with van der Waals surface area (Å²) < 4.78 is 33.1. The maximum absolute atomic E-state index is 12.5. The van der Waals surface area contributed by atoms with E-state index in [1.165, 1.54) is 16.8 Å². The van der Waals surface area contributed by atoms with Gasteiger partial charge in [0.25, 0.3) is 12.0 Å². The molecule has 0 bridgehead atoms. The largest absolute Gasteiger partial charge is 0.488 e. The van der Waals surface area contributed by atoms with E-state index >= 15 is 0 Å². The van der Waals surface area contributed by atoms with Crippen molar-refractivity contribution >= 4 is 0 Å². The molecule has 0 spiro atoms. The van der Waals surface area contributed by atoms with Crippen LogP contribution in [0.4, 0.5) is 8.78 Å². The minimum Gasteiger partial charge on any atom is -0.488 e. The van der Waals surface area contributed by atoms with Crippen LogP contribution in [0.25, 0.3) is 0 Å². The second-order valence-corrected chi connectivity index (χ2v) is 7.76. The highest BCUT2D eigenvalue weighted by Crippen LogP contribution is 2.30. The van der Waals surface area contributed by atoms with Crippen molar-refractivity contribution in [1.29, 1.82) is 0 Å². The summed E-state index contributed by atoms with van der Waals surface area (Å²) in [5.41, 5.74) is -0.810. The molecular weight excluding hydrogens is 436 g/mol. The van der Waals surface area contributed by atoms with E-state index in [2.05, 4.69) is 15.3 Å². The zero-order chi connectivity index (χ0) is 23.8. The average molecular weight is 463 g/mol. The van der Waals surface area contributed by atoms with Crippen LogP contribution in [-0.2, 0) is 25.1 Å². The highest BCUT2D eigenvalue weighted by molar-refractivity contribution is 5.32. The first-order valence-corrected chi connectivity index (χ1v) is 10.7. The molecule has 1 aromatic carbocycles. The highest BCUT2D eigenvalue weighted by atomic mass is 19.3. The fourth-order valence-corrected chi connectivity index (χ4v) is 3.50. The van der Waals surface area contributed by atoms with Gasteiger partial charge in [0.05, 0.1) is 18.4 Å². The Hall–Kier alpha value is -3.34. The summed E-state index contributed by atoms with van der Waals surface area (Å²) in [6.45, 7) is 1.70. The number of aryl methyl sites for hydroxylation is 2. The second-order valence-electron chi connectivity index (χ2n) is 7.76. The summed E-state index contributed by atoms with van der Waals surface area (Å²) in [6, 6.07) is 7.80. The van der Waals surface area contributed by atoms with Gasteiger partial charge in [0, 0.05) is 18.8 Å². The summed E-state index contributed by atoms with van der Waals surface area (Å²) in [5, 5.41) is 19.4. The monoisotopic (exact) mass is 463 g/mol. The molecule has 2 N–H and O–H groups in total. The van der Waals surface area contributed by atoms with Gasteiger partial charge in [-0.1, -0.05) is 24.3 Å². The predicted molar refractivity (Wildman–Crippen MR) is 116 cm³/mol. The van der Waals surface area contributed by atoms with Crippen LogP contribution in [0.5, 0.6) is 5.75 Å². The Kier molecular flexibility index (Phi) is 8.10. The van der Waals surface area contributed by atoms with Crippen molar-refractivity contribution < 1.29 is 18.6 Å². The van der Waals surface area contributed by atoms with Crippen LogP contribution in [-0.4, -0.2) is 42.7 Å². The molecule has 0 saturated heterocycles. The van der Waals surface area contributed by atoms with E-state index < -0.39 is 29.9 Å². The van der Waals surface area contributed by atoms with E-state index in [0.717, 1.165) is 12.1 Å². The molecule has 0 radical (unpaired) electrons. The highest BCUT2D eigenvalue weighted by Gasteiger charge is 2.29. The van der Waals surface area contributed by atoms with Gasteiger partial charge in [0.15, 0.2) is 0 Å². The molecule has 3 aromatic rings. The quantitative estimate of drug-likeness (QED) is 0.398. The number of nitrogens with one attached hydrogen (secondary N) is 1. The van der Waals surface area contributed by atoms with Crippen LogP contribution in [0, 0.1) is 0 Å². The summed E-state index contributed by atoms with van der Waals surface area (Å²) in [5.74, 6) is 0.260.